The van der Waals surface area contributed by atoms with E-state index >= 15 is 0 Å². The topological polar surface area (TPSA) is 90.1 Å². The quantitative estimate of drug-likeness (QED) is 0.900. The summed E-state index contributed by atoms with van der Waals surface area (Å²) >= 11 is 0. The zero-order valence-electron chi connectivity index (χ0n) is 13.8. The Balaban J connectivity index is 1.99. The molecule has 1 fully saturated rings. The third-order valence-electron chi connectivity index (χ3n) is 4.25. The molecule has 2 aromatic rings. The zero-order chi connectivity index (χ0) is 16.9. The summed E-state index contributed by atoms with van der Waals surface area (Å²) in [7, 11) is 1.63. The Labute approximate surface area is 141 Å². The number of methoxy groups -OCH3 is 1. The summed E-state index contributed by atoms with van der Waals surface area (Å²) in [4.78, 5) is 20.7. The number of rotatable bonds is 4. The van der Waals surface area contributed by atoms with Crippen molar-refractivity contribution in [2.24, 2.45) is 5.73 Å². The number of benzene rings is 1. The van der Waals surface area contributed by atoms with E-state index in [2.05, 4.69) is 15.3 Å². The molecule has 1 amide bonds. The molecule has 1 aromatic carbocycles. The largest absolute Gasteiger partial charge is 0.497 e. The minimum Gasteiger partial charge on any atom is -0.497 e. The Morgan fingerprint density at radius 1 is 1.21 bits per heavy atom. The maximum atomic E-state index is 11.7. The number of nitrogens with one attached hydrogen (secondary N) is 1. The van der Waals surface area contributed by atoms with Crippen LogP contribution in [-0.2, 0) is 0 Å². The molecule has 3 rings (SSSR count). The number of ether oxygens (including phenoxy) is 1. The van der Waals surface area contributed by atoms with Crippen LogP contribution in [0, 0.1) is 0 Å². The lowest BCUT2D eigenvalue weighted by Gasteiger charge is -2.16. The van der Waals surface area contributed by atoms with Crippen LogP contribution in [0.15, 0.2) is 30.3 Å². The first-order valence-corrected chi connectivity index (χ1v) is 8.24. The number of nitrogens with zero attached hydrogens (tertiary/aromatic N) is 2. The van der Waals surface area contributed by atoms with Gasteiger partial charge < -0.3 is 15.8 Å². The smallest absolute Gasteiger partial charge is 0.267 e. The Morgan fingerprint density at radius 3 is 2.71 bits per heavy atom. The maximum Gasteiger partial charge on any atom is 0.267 e. The van der Waals surface area contributed by atoms with Gasteiger partial charge in [0, 0.05) is 5.56 Å². The van der Waals surface area contributed by atoms with Crippen molar-refractivity contribution in [3.05, 3.63) is 41.9 Å². The van der Waals surface area contributed by atoms with Gasteiger partial charge in [-0.15, -0.1) is 0 Å². The van der Waals surface area contributed by atoms with E-state index in [4.69, 9.17) is 10.5 Å². The van der Waals surface area contributed by atoms with E-state index in [1.54, 1.807) is 13.2 Å². The van der Waals surface area contributed by atoms with Crippen LogP contribution in [0.25, 0.3) is 11.3 Å². The third-order valence-corrected chi connectivity index (χ3v) is 4.25. The Morgan fingerprint density at radius 2 is 2.00 bits per heavy atom. The lowest BCUT2D eigenvalue weighted by molar-refractivity contribution is 0.0995. The molecule has 24 heavy (non-hydrogen) atoms. The van der Waals surface area contributed by atoms with E-state index in [0.717, 1.165) is 37.1 Å². The molecule has 0 bridgehead atoms. The fraction of sp³-hybridized carbons (Fsp3) is 0.389. The highest BCUT2D eigenvalue weighted by Crippen LogP contribution is 2.25. The molecule has 1 aliphatic heterocycles. The van der Waals surface area contributed by atoms with E-state index < -0.39 is 5.91 Å². The van der Waals surface area contributed by atoms with Gasteiger partial charge in [-0.1, -0.05) is 12.8 Å². The van der Waals surface area contributed by atoms with Crippen LogP contribution in [0.1, 0.15) is 48.0 Å². The number of amides is 1. The van der Waals surface area contributed by atoms with Crippen LogP contribution >= 0.6 is 0 Å². The van der Waals surface area contributed by atoms with Crippen molar-refractivity contribution in [3.63, 3.8) is 0 Å². The predicted molar refractivity (Wildman–Crippen MR) is 91.7 cm³/mol. The van der Waals surface area contributed by atoms with Gasteiger partial charge in [0.05, 0.1) is 18.8 Å². The summed E-state index contributed by atoms with van der Waals surface area (Å²) in [5.74, 6) is 0.870. The van der Waals surface area contributed by atoms with Gasteiger partial charge in [0.15, 0.2) is 0 Å². The van der Waals surface area contributed by atoms with Gasteiger partial charge in [0.1, 0.15) is 17.3 Å². The number of hydrogen-bond donors (Lipinski definition) is 2. The molecule has 0 spiro atoms. The molecule has 2 heterocycles. The Kier molecular flexibility index (Phi) is 5.05. The first kappa shape index (κ1) is 16.4. The predicted octanol–water partition coefficient (Wildman–Crippen LogP) is 2.46. The van der Waals surface area contributed by atoms with Gasteiger partial charge in [-0.05, 0) is 49.7 Å². The summed E-state index contributed by atoms with van der Waals surface area (Å²) < 4.78 is 5.18. The number of carbonyl (C=O) groups is 1. The molecular weight excluding hydrogens is 304 g/mol. The van der Waals surface area contributed by atoms with E-state index in [1.165, 1.54) is 6.42 Å². The third kappa shape index (κ3) is 3.71. The van der Waals surface area contributed by atoms with Gasteiger partial charge in [-0.25, -0.2) is 9.97 Å². The van der Waals surface area contributed by atoms with E-state index in [0.29, 0.717) is 11.5 Å². The van der Waals surface area contributed by atoms with Crippen LogP contribution in [0.2, 0.25) is 0 Å². The molecule has 6 nitrogen and oxygen atoms in total. The Hall–Kier alpha value is -2.47. The fourth-order valence-electron chi connectivity index (χ4n) is 2.91. The first-order valence-electron chi connectivity index (χ1n) is 8.24. The minimum atomic E-state index is -0.540. The van der Waals surface area contributed by atoms with Crippen LogP contribution in [0.4, 0.5) is 0 Å². The molecule has 0 saturated carbocycles. The average Bonchev–Trinajstić information content (AvgIpc) is 2.91. The second-order valence-electron chi connectivity index (χ2n) is 5.95. The molecule has 0 aliphatic carbocycles. The van der Waals surface area contributed by atoms with Gasteiger partial charge >= 0.3 is 0 Å². The monoisotopic (exact) mass is 326 g/mol. The first-order chi connectivity index (χ1) is 11.7. The number of primary amides is 1. The highest BCUT2D eigenvalue weighted by atomic mass is 16.5. The highest BCUT2D eigenvalue weighted by molar-refractivity contribution is 5.91. The number of carbonyl (C=O) groups excluding carboxylic acids is 1. The molecule has 1 aromatic heterocycles. The SMILES string of the molecule is COc1ccc(-c2cc(C(N)=O)nc(C3CCCCCN3)n2)cc1. The molecule has 126 valence electrons. The summed E-state index contributed by atoms with van der Waals surface area (Å²) in [6.45, 7) is 0.937. The second-order valence-corrected chi connectivity index (χ2v) is 5.95. The van der Waals surface area contributed by atoms with Crippen LogP contribution in [-0.4, -0.2) is 29.5 Å². The Bertz CT molecular complexity index is 707. The molecule has 1 saturated heterocycles. The molecule has 1 aliphatic rings. The highest BCUT2D eigenvalue weighted by Gasteiger charge is 2.19. The maximum absolute atomic E-state index is 11.7. The summed E-state index contributed by atoms with van der Waals surface area (Å²) in [5.41, 5.74) is 7.31. The van der Waals surface area contributed by atoms with Crippen molar-refractivity contribution in [1.82, 2.24) is 15.3 Å². The van der Waals surface area contributed by atoms with E-state index in [-0.39, 0.29) is 11.7 Å². The summed E-state index contributed by atoms with van der Waals surface area (Å²) in [6, 6.07) is 9.26. The number of nitrogens with two attached hydrogens (primary N) is 1. The van der Waals surface area contributed by atoms with Crippen molar-refractivity contribution in [2.45, 2.75) is 31.7 Å². The van der Waals surface area contributed by atoms with Crippen LogP contribution in [0.3, 0.4) is 0 Å². The molecule has 3 N–H and O–H groups in total. The standard InChI is InChI=1S/C18H22N4O2/c1-24-13-8-6-12(7-9-13)15-11-16(17(19)23)22-18(21-15)14-5-3-2-4-10-20-14/h6-9,11,14,20H,2-5,10H2,1H3,(H2,19,23). The van der Waals surface area contributed by atoms with Gasteiger partial charge in [-0.3, -0.25) is 4.79 Å². The van der Waals surface area contributed by atoms with E-state index in [9.17, 15) is 4.79 Å². The fourth-order valence-corrected chi connectivity index (χ4v) is 2.91. The van der Waals surface area contributed by atoms with Crippen LogP contribution in [0.5, 0.6) is 5.75 Å². The van der Waals surface area contributed by atoms with Gasteiger partial charge in [0.25, 0.3) is 5.91 Å². The van der Waals surface area contributed by atoms with Gasteiger partial charge in [0.2, 0.25) is 0 Å². The summed E-state index contributed by atoms with van der Waals surface area (Å²) in [5, 5.41) is 3.46. The van der Waals surface area contributed by atoms with Crippen molar-refractivity contribution in [3.8, 4) is 17.0 Å². The molecule has 0 radical (unpaired) electrons. The second kappa shape index (κ2) is 7.40. The van der Waals surface area contributed by atoms with Crippen molar-refractivity contribution < 1.29 is 9.53 Å². The molecule has 1 atom stereocenters. The zero-order valence-corrected chi connectivity index (χ0v) is 13.8. The molecule has 1 unspecified atom stereocenters. The lowest BCUT2D eigenvalue weighted by Crippen LogP contribution is -2.24. The van der Waals surface area contributed by atoms with Crippen molar-refractivity contribution in [2.75, 3.05) is 13.7 Å². The van der Waals surface area contributed by atoms with Crippen molar-refractivity contribution in [1.29, 1.82) is 0 Å². The number of aromatic nitrogens is 2. The average molecular weight is 326 g/mol. The molecular formula is C18H22N4O2. The minimum absolute atomic E-state index is 0.0591. The normalized spacial score (nSPS) is 18.0. The lowest BCUT2D eigenvalue weighted by atomic mass is 10.1. The molecule has 6 heteroatoms. The van der Waals surface area contributed by atoms with Gasteiger partial charge in [-0.2, -0.15) is 0 Å². The summed E-state index contributed by atoms with van der Waals surface area (Å²) in [6.07, 6.45) is 4.44. The van der Waals surface area contributed by atoms with Crippen molar-refractivity contribution >= 4 is 5.91 Å². The van der Waals surface area contributed by atoms with E-state index in [1.807, 2.05) is 24.3 Å². The van der Waals surface area contributed by atoms with Crippen LogP contribution < -0.4 is 15.8 Å². The number of hydrogen-bond acceptors (Lipinski definition) is 5.